The zero-order valence-corrected chi connectivity index (χ0v) is 17.8. The maximum atomic E-state index is 11.0. The minimum atomic E-state index is -1.49. The number of hydrogen-bond donors (Lipinski definition) is 0. The summed E-state index contributed by atoms with van der Waals surface area (Å²) in [5, 5.41) is 44.0. The Kier molecular flexibility index (Phi) is 9.50. The first-order valence-corrected chi connectivity index (χ1v) is 9.90. The van der Waals surface area contributed by atoms with Crippen LogP contribution >= 0.6 is 0 Å². The second-order valence-electron chi connectivity index (χ2n) is 6.83. The summed E-state index contributed by atoms with van der Waals surface area (Å²) in [6.07, 6.45) is 0. The molecule has 0 aliphatic carbocycles. The van der Waals surface area contributed by atoms with Crippen molar-refractivity contribution in [2.75, 3.05) is 49.2 Å². The molecule has 0 spiro atoms. The highest BCUT2D eigenvalue weighted by Gasteiger charge is 2.15. The zero-order chi connectivity index (χ0) is 25.1. The molecular formula is C22H20N2O10-4. The van der Waals surface area contributed by atoms with Gasteiger partial charge >= 0.3 is 0 Å². The Morgan fingerprint density at radius 1 is 0.559 bits per heavy atom. The van der Waals surface area contributed by atoms with Crippen LogP contribution in [0, 0.1) is 0 Å². The second-order valence-corrected chi connectivity index (χ2v) is 6.83. The number of anilines is 2. The summed E-state index contributed by atoms with van der Waals surface area (Å²) in [7, 11) is 0. The Morgan fingerprint density at radius 3 is 1.15 bits per heavy atom. The van der Waals surface area contributed by atoms with Crippen LogP contribution < -0.4 is 39.7 Å². The molecule has 0 saturated carbocycles. The third-order valence-electron chi connectivity index (χ3n) is 4.29. The molecule has 12 heteroatoms. The predicted molar refractivity (Wildman–Crippen MR) is 108 cm³/mol. The molecule has 0 bridgehead atoms. The number of para-hydroxylation sites is 4. The Balaban J connectivity index is 2.10. The van der Waals surface area contributed by atoms with Crippen molar-refractivity contribution >= 4 is 35.3 Å². The number of nitrogens with zero attached hydrogens (tertiary/aromatic N) is 2. The van der Waals surface area contributed by atoms with Crippen LogP contribution in [0.3, 0.4) is 0 Å². The van der Waals surface area contributed by atoms with E-state index in [0.717, 1.165) is 9.80 Å². The molecule has 34 heavy (non-hydrogen) atoms. The van der Waals surface area contributed by atoms with Gasteiger partial charge in [0.1, 0.15) is 24.7 Å². The van der Waals surface area contributed by atoms with Crippen LogP contribution in [0.2, 0.25) is 0 Å². The monoisotopic (exact) mass is 472 g/mol. The average Bonchev–Trinajstić information content (AvgIpc) is 2.75. The molecule has 0 fully saturated rings. The molecule has 2 aromatic carbocycles. The highest BCUT2D eigenvalue weighted by atomic mass is 16.5. The lowest BCUT2D eigenvalue weighted by atomic mass is 10.2. The summed E-state index contributed by atoms with van der Waals surface area (Å²) in [6, 6.07) is 12.3. The first-order valence-electron chi connectivity index (χ1n) is 9.90. The minimum absolute atomic E-state index is 0.0726. The molecule has 182 valence electrons. The Hall–Kier alpha value is -4.48. The van der Waals surface area contributed by atoms with Gasteiger partial charge in [-0.05, 0) is 24.3 Å². The number of ether oxygens (including phenoxy) is 2. The average molecular weight is 472 g/mol. The number of carbonyl (C=O) groups excluding carboxylic acids is 4. The van der Waals surface area contributed by atoms with E-state index in [0.29, 0.717) is 0 Å². The van der Waals surface area contributed by atoms with Crippen LogP contribution in [0.4, 0.5) is 11.4 Å². The molecule has 0 aromatic heterocycles. The van der Waals surface area contributed by atoms with Crippen molar-refractivity contribution < 1.29 is 49.1 Å². The minimum Gasteiger partial charge on any atom is -0.548 e. The SMILES string of the molecule is O=C([O-])CN(CC(=O)[O-])c1ccccc1OCCOc1ccccc1N(CC(=O)[O-])CC(=O)[O-]. The van der Waals surface area contributed by atoms with Gasteiger partial charge in [0.2, 0.25) is 0 Å². The van der Waals surface area contributed by atoms with Gasteiger partial charge in [0.15, 0.2) is 0 Å². The Bertz CT molecular complexity index is 913. The second kappa shape index (κ2) is 12.5. The molecule has 0 saturated heterocycles. The number of benzene rings is 2. The molecule has 0 amide bonds. The van der Waals surface area contributed by atoms with Crippen LogP contribution in [0.25, 0.3) is 0 Å². The molecule has 2 rings (SSSR count). The Morgan fingerprint density at radius 2 is 0.853 bits per heavy atom. The van der Waals surface area contributed by atoms with E-state index in [1.807, 2.05) is 0 Å². The van der Waals surface area contributed by atoms with Crippen molar-refractivity contribution in [1.82, 2.24) is 0 Å². The van der Waals surface area contributed by atoms with Crippen molar-refractivity contribution in [2.45, 2.75) is 0 Å². The lowest BCUT2D eigenvalue weighted by Crippen LogP contribution is -2.44. The summed E-state index contributed by atoms with van der Waals surface area (Å²) >= 11 is 0. The molecule has 0 unspecified atom stereocenters. The normalized spacial score (nSPS) is 10.2. The van der Waals surface area contributed by atoms with Crippen molar-refractivity contribution in [1.29, 1.82) is 0 Å². The van der Waals surface area contributed by atoms with E-state index in [9.17, 15) is 39.6 Å². The maximum absolute atomic E-state index is 11.0. The van der Waals surface area contributed by atoms with Gasteiger partial charge < -0.3 is 58.9 Å². The highest BCUT2D eigenvalue weighted by molar-refractivity contribution is 5.80. The van der Waals surface area contributed by atoms with Gasteiger partial charge in [0.25, 0.3) is 0 Å². The number of carbonyl (C=O) groups is 4. The van der Waals surface area contributed by atoms with Crippen LogP contribution in [-0.2, 0) is 19.2 Å². The van der Waals surface area contributed by atoms with Gasteiger partial charge in [-0.2, -0.15) is 0 Å². The van der Waals surface area contributed by atoms with Crippen molar-refractivity contribution in [3.8, 4) is 11.5 Å². The molecule has 0 N–H and O–H groups in total. The molecule has 0 aliphatic rings. The van der Waals surface area contributed by atoms with Gasteiger partial charge in [-0.25, -0.2) is 0 Å². The molecular weight excluding hydrogens is 452 g/mol. The highest BCUT2D eigenvalue weighted by Crippen LogP contribution is 2.29. The summed E-state index contributed by atoms with van der Waals surface area (Å²) in [4.78, 5) is 46.0. The number of carboxylic acids is 4. The van der Waals surface area contributed by atoms with Crippen LogP contribution in [0.1, 0.15) is 0 Å². The molecule has 0 heterocycles. The number of rotatable bonds is 15. The fraction of sp³-hybridized carbons (Fsp3) is 0.273. The predicted octanol–water partition coefficient (Wildman–Crippen LogP) is -4.24. The topological polar surface area (TPSA) is 185 Å². The van der Waals surface area contributed by atoms with Crippen LogP contribution in [0.15, 0.2) is 48.5 Å². The van der Waals surface area contributed by atoms with E-state index >= 15 is 0 Å². The van der Waals surface area contributed by atoms with E-state index < -0.39 is 50.1 Å². The number of hydrogen-bond acceptors (Lipinski definition) is 12. The molecule has 0 radical (unpaired) electrons. The van der Waals surface area contributed by atoms with Crippen LogP contribution in [-0.4, -0.2) is 63.3 Å². The largest absolute Gasteiger partial charge is 0.548 e. The van der Waals surface area contributed by atoms with E-state index in [1.54, 1.807) is 24.3 Å². The third-order valence-corrected chi connectivity index (χ3v) is 4.29. The first-order chi connectivity index (χ1) is 16.2. The molecule has 0 aliphatic heterocycles. The first kappa shape index (κ1) is 25.8. The van der Waals surface area contributed by atoms with Gasteiger partial charge in [-0.15, -0.1) is 0 Å². The molecule has 0 atom stereocenters. The van der Waals surface area contributed by atoms with E-state index in [1.165, 1.54) is 24.3 Å². The van der Waals surface area contributed by atoms with Gasteiger partial charge in [0, 0.05) is 0 Å². The van der Waals surface area contributed by atoms with Crippen molar-refractivity contribution in [3.63, 3.8) is 0 Å². The fourth-order valence-electron chi connectivity index (χ4n) is 3.06. The summed E-state index contributed by atoms with van der Waals surface area (Å²) < 4.78 is 11.2. The molecule has 2 aromatic rings. The summed E-state index contributed by atoms with van der Waals surface area (Å²) in [5.74, 6) is -5.61. The van der Waals surface area contributed by atoms with E-state index in [2.05, 4.69) is 0 Å². The summed E-state index contributed by atoms with van der Waals surface area (Å²) in [5.41, 5.74) is 0.371. The maximum Gasteiger partial charge on any atom is 0.142 e. The Labute approximate surface area is 194 Å². The van der Waals surface area contributed by atoms with Gasteiger partial charge in [-0.1, -0.05) is 24.3 Å². The number of aliphatic carboxylic acids is 4. The quantitative estimate of drug-likeness (QED) is 0.228. The van der Waals surface area contributed by atoms with E-state index in [-0.39, 0.29) is 36.1 Å². The van der Waals surface area contributed by atoms with Crippen LogP contribution in [0.5, 0.6) is 11.5 Å². The number of carboxylic acid groups (broad SMARTS) is 4. The smallest absolute Gasteiger partial charge is 0.142 e. The zero-order valence-electron chi connectivity index (χ0n) is 17.8. The van der Waals surface area contributed by atoms with Gasteiger partial charge in [0.05, 0.1) is 61.4 Å². The van der Waals surface area contributed by atoms with Crippen molar-refractivity contribution in [2.24, 2.45) is 0 Å². The van der Waals surface area contributed by atoms with Gasteiger partial charge in [-0.3, -0.25) is 0 Å². The summed E-state index contributed by atoms with van der Waals surface area (Å²) in [6.45, 7) is -2.96. The molecule has 12 nitrogen and oxygen atoms in total. The lowest BCUT2D eigenvalue weighted by Gasteiger charge is -2.28. The lowest BCUT2D eigenvalue weighted by molar-refractivity contribution is -0.307. The van der Waals surface area contributed by atoms with Crippen molar-refractivity contribution in [3.05, 3.63) is 48.5 Å². The third kappa shape index (κ3) is 8.22. The fourth-order valence-corrected chi connectivity index (χ4v) is 3.06. The van der Waals surface area contributed by atoms with E-state index in [4.69, 9.17) is 9.47 Å². The standard InChI is InChI=1S/C22H24N2O10/c25-19(26)11-23(12-20(27)28)15-5-1-3-7-17(15)33-9-10-34-18-8-4-2-6-16(18)24(13-21(29)30)14-22(31)32/h1-8H,9-14H2,(H,25,26)(H,27,28)(H,29,30)(H,31,32)/p-4.